The van der Waals surface area contributed by atoms with Crippen molar-refractivity contribution in [3.63, 3.8) is 0 Å². The van der Waals surface area contributed by atoms with Crippen LogP contribution in [0.5, 0.6) is 0 Å². The van der Waals surface area contributed by atoms with Gasteiger partial charge in [0.15, 0.2) is 8.07 Å². The molecule has 4 heteroatoms. The Labute approximate surface area is 278 Å². The fraction of sp³-hybridized carbons (Fsp3) is 0. The van der Waals surface area contributed by atoms with Crippen molar-refractivity contribution >= 4 is 82.1 Å². The van der Waals surface area contributed by atoms with E-state index in [1.54, 1.807) is 0 Å². The lowest BCUT2D eigenvalue weighted by Crippen LogP contribution is -2.74. The predicted molar refractivity (Wildman–Crippen MR) is 202 cm³/mol. The number of aromatic nitrogens is 1. The number of benzene rings is 7. The molecule has 0 spiro atoms. The molecule has 7 aromatic carbocycles. The molecule has 0 unspecified atom stereocenters. The summed E-state index contributed by atoms with van der Waals surface area (Å²) in [6.45, 7) is 0. The third-order valence-corrected chi connectivity index (χ3v) is 15.8. The summed E-state index contributed by atoms with van der Waals surface area (Å²) in [6, 6.07) is 63.8. The maximum absolute atomic E-state index is 10.9. The number of nitrogens with zero attached hydrogens (tertiary/aromatic N) is 2. The second-order valence-electron chi connectivity index (χ2n) is 12.0. The normalized spacial score (nSPS) is 11.8. The summed E-state index contributed by atoms with van der Waals surface area (Å²) in [5.41, 5.74) is 3.77. The van der Waals surface area contributed by atoms with Crippen LogP contribution in [0.3, 0.4) is 0 Å². The highest BCUT2D eigenvalue weighted by Crippen LogP contribution is 2.35. The van der Waals surface area contributed by atoms with Gasteiger partial charge in [-0.05, 0) is 51.1 Å². The molecule has 220 valence electrons. The third kappa shape index (κ3) is 4.08. The Morgan fingerprint density at radius 1 is 0.489 bits per heavy atom. The number of nitriles is 1. The Morgan fingerprint density at radius 3 is 1.68 bits per heavy atom. The molecule has 9 aromatic rings. The largest absolute Gasteiger partial charge is 0.308 e. The summed E-state index contributed by atoms with van der Waals surface area (Å²) < 4.78 is 4.87. The minimum atomic E-state index is -2.94. The second-order valence-corrected chi connectivity index (χ2v) is 16.8. The molecule has 9 rings (SSSR count). The number of thiophene rings is 1. The van der Waals surface area contributed by atoms with E-state index < -0.39 is 8.07 Å². The second kappa shape index (κ2) is 11.0. The molecule has 2 nitrogen and oxygen atoms in total. The molecule has 47 heavy (non-hydrogen) atoms. The smallest absolute Gasteiger partial charge is 0.181 e. The average molecular weight is 633 g/mol. The van der Waals surface area contributed by atoms with Gasteiger partial charge in [0.1, 0.15) is 6.07 Å². The molecule has 2 aromatic heterocycles. The Kier molecular flexibility index (Phi) is 6.43. The Hall–Kier alpha value is -5.73. The van der Waals surface area contributed by atoms with Crippen molar-refractivity contribution in [3.05, 3.63) is 175 Å². The third-order valence-electron chi connectivity index (χ3n) is 9.59. The van der Waals surface area contributed by atoms with Crippen LogP contribution in [0.15, 0.2) is 170 Å². The standard InChI is InChI=1S/C43H28N2SSi/c44-29-30-28-33(26-27-38(30)45-39-22-10-7-18-34(39)35-19-8-11-23-40(35)45)47(31-14-3-1-4-15-31,32-16-5-2-6-17-32)42-25-13-21-37-36-20-9-12-24-41(36)46-43(37)42/h1-28H. The number of rotatable bonds is 5. The molecule has 2 heterocycles. The predicted octanol–water partition coefficient (Wildman–Crippen LogP) is 8.40. The van der Waals surface area contributed by atoms with Crippen molar-refractivity contribution in [2.75, 3.05) is 0 Å². The van der Waals surface area contributed by atoms with E-state index >= 15 is 0 Å². The van der Waals surface area contributed by atoms with Gasteiger partial charge < -0.3 is 4.57 Å². The van der Waals surface area contributed by atoms with Gasteiger partial charge in [0.25, 0.3) is 0 Å². The Morgan fingerprint density at radius 2 is 1.04 bits per heavy atom. The maximum atomic E-state index is 10.9. The zero-order valence-corrected chi connectivity index (χ0v) is 27.3. The molecular formula is C43H28N2SSi. The van der Waals surface area contributed by atoms with Gasteiger partial charge in [-0.2, -0.15) is 5.26 Å². The summed E-state index contributed by atoms with van der Waals surface area (Å²) >= 11 is 1.88. The average Bonchev–Trinajstić information content (AvgIpc) is 3.69. The minimum absolute atomic E-state index is 0.668. The SMILES string of the molecule is N#Cc1cc([Si](c2ccccc2)(c2ccccc2)c2cccc3c2sc2ccccc23)ccc1-n1c2ccccc2c2ccccc21. The zero-order chi connectivity index (χ0) is 31.4. The van der Waals surface area contributed by atoms with Crippen molar-refractivity contribution in [1.29, 1.82) is 5.26 Å². The van der Waals surface area contributed by atoms with Gasteiger partial charge in [0, 0.05) is 30.9 Å². The van der Waals surface area contributed by atoms with E-state index in [0.717, 1.165) is 16.7 Å². The molecule has 0 aliphatic rings. The molecule has 0 atom stereocenters. The van der Waals surface area contributed by atoms with Gasteiger partial charge >= 0.3 is 0 Å². The van der Waals surface area contributed by atoms with Crippen LogP contribution in [-0.4, -0.2) is 12.6 Å². The number of para-hydroxylation sites is 2. The Bertz CT molecular complexity index is 2550. The lowest BCUT2D eigenvalue weighted by molar-refractivity contribution is 1.17. The monoisotopic (exact) mass is 632 g/mol. The highest BCUT2D eigenvalue weighted by Gasteiger charge is 2.43. The van der Waals surface area contributed by atoms with E-state index in [9.17, 15) is 5.26 Å². The van der Waals surface area contributed by atoms with E-state index in [2.05, 4.69) is 180 Å². The van der Waals surface area contributed by atoms with Gasteiger partial charge in [-0.1, -0.05) is 140 Å². The Balaban J connectivity index is 1.40. The van der Waals surface area contributed by atoms with Gasteiger partial charge in [0.2, 0.25) is 0 Å². The maximum Gasteiger partial charge on any atom is 0.181 e. The quantitative estimate of drug-likeness (QED) is 0.138. The van der Waals surface area contributed by atoms with Crippen molar-refractivity contribution in [2.45, 2.75) is 0 Å². The lowest BCUT2D eigenvalue weighted by atomic mass is 10.1. The van der Waals surface area contributed by atoms with E-state index in [-0.39, 0.29) is 0 Å². The summed E-state index contributed by atoms with van der Waals surface area (Å²) in [7, 11) is -2.94. The fourth-order valence-electron chi connectivity index (χ4n) is 7.62. The molecule has 0 fully saturated rings. The van der Waals surface area contributed by atoms with Gasteiger partial charge in [-0.3, -0.25) is 0 Å². The first-order chi connectivity index (χ1) is 23.3. The zero-order valence-electron chi connectivity index (χ0n) is 25.5. The van der Waals surface area contributed by atoms with E-state index in [1.807, 2.05) is 11.3 Å². The van der Waals surface area contributed by atoms with Gasteiger partial charge in [0.05, 0.1) is 22.3 Å². The van der Waals surface area contributed by atoms with Crippen LogP contribution in [0.1, 0.15) is 5.56 Å². The molecule has 0 amide bonds. The summed E-state index contributed by atoms with van der Waals surface area (Å²) in [6.07, 6.45) is 0. The molecule has 0 aliphatic carbocycles. The summed E-state index contributed by atoms with van der Waals surface area (Å²) in [5.74, 6) is 0. The molecule has 0 radical (unpaired) electrons. The summed E-state index contributed by atoms with van der Waals surface area (Å²) in [5, 5.41) is 21.0. The molecule has 0 aliphatic heterocycles. The minimum Gasteiger partial charge on any atom is -0.308 e. The van der Waals surface area contributed by atoms with Crippen LogP contribution >= 0.6 is 11.3 Å². The molecule has 0 N–H and O–H groups in total. The van der Waals surface area contributed by atoms with Crippen LogP contribution in [0, 0.1) is 11.3 Å². The van der Waals surface area contributed by atoms with Crippen LogP contribution in [0.25, 0.3) is 47.7 Å². The van der Waals surface area contributed by atoms with Crippen LogP contribution in [-0.2, 0) is 0 Å². The van der Waals surface area contributed by atoms with Gasteiger partial charge in [-0.25, -0.2) is 0 Å². The first-order valence-electron chi connectivity index (χ1n) is 15.8. The fourth-order valence-corrected chi connectivity index (χ4v) is 14.2. The van der Waals surface area contributed by atoms with Crippen molar-refractivity contribution in [2.24, 2.45) is 0 Å². The van der Waals surface area contributed by atoms with Crippen LogP contribution < -0.4 is 20.7 Å². The summed E-state index contributed by atoms with van der Waals surface area (Å²) in [4.78, 5) is 0. The number of hydrogen-bond acceptors (Lipinski definition) is 2. The lowest BCUT2D eigenvalue weighted by Gasteiger charge is -2.35. The van der Waals surface area contributed by atoms with E-state index in [1.165, 1.54) is 51.7 Å². The topological polar surface area (TPSA) is 28.7 Å². The van der Waals surface area contributed by atoms with Crippen LogP contribution in [0.4, 0.5) is 0 Å². The highest BCUT2D eigenvalue weighted by atomic mass is 32.1. The van der Waals surface area contributed by atoms with Crippen molar-refractivity contribution in [3.8, 4) is 11.8 Å². The number of fused-ring (bicyclic) bond motifs is 6. The van der Waals surface area contributed by atoms with E-state index in [0.29, 0.717) is 5.56 Å². The first kappa shape index (κ1) is 27.6. The first-order valence-corrected chi connectivity index (χ1v) is 18.7. The van der Waals surface area contributed by atoms with Gasteiger partial charge in [-0.15, -0.1) is 11.3 Å². The molecule has 0 saturated carbocycles. The van der Waals surface area contributed by atoms with Crippen molar-refractivity contribution < 1.29 is 0 Å². The van der Waals surface area contributed by atoms with Crippen LogP contribution in [0.2, 0.25) is 0 Å². The molecule has 0 bridgehead atoms. The van der Waals surface area contributed by atoms with Crippen molar-refractivity contribution in [1.82, 2.24) is 4.57 Å². The highest BCUT2D eigenvalue weighted by molar-refractivity contribution is 7.30. The number of hydrogen-bond donors (Lipinski definition) is 0. The molecular weight excluding hydrogens is 605 g/mol. The van der Waals surface area contributed by atoms with E-state index in [4.69, 9.17) is 0 Å². The molecule has 0 saturated heterocycles.